The Balaban J connectivity index is 1.36. The summed E-state index contributed by atoms with van der Waals surface area (Å²) in [7, 11) is 0. The number of fused-ring (bicyclic) bond motifs is 2. The molecule has 4 aromatic rings. The van der Waals surface area contributed by atoms with Gasteiger partial charge in [-0.3, -0.25) is 13.5 Å². The molecule has 0 aliphatic heterocycles. The van der Waals surface area contributed by atoms with E-state index >= 15 is 0 Å². The van der Waals surface area contributed by atoms with Crippen molar-refractivity contribution in [2.75, 3.05) is 0 Å². The summed E-state index contributed by atoms with van der Waals surface area (Å²) in [6.07, 6.45) is 2.58. The van der Waals surface area contributed by atoms with Crippen molar-refractivity contribution in [1.29, 1.82) is 0 Å². The van der Waals surface area contributed by atoms with E-state index in [4.69, 9.17) is 0 Å². The van der Waals surface area contributed by atoms with Gasteiger partial charge >= 0.3 is 5.97 Å². The maximum atomic E-state index is 12.3. The van der Waals surface area contributed by atoms with Crippen molar-refractivity contribution in [1.82, 2.24) is 14.3 Å². The molecule has 8 heteroatoms. The molecule has 0 saturated carbocycles. The Morgan fingerprint density at radius 2 is 1.83 bits per heavy atom. The Bertz CT molecular complexity index is 1270. The summed E-state index contributed by atoms with van der Waals surface area (Å²) in [6.45, 7) is 0.422. The molecule has 0 radical (unpaired) electrons. The summed E-state index contributed by atoms with van der Waals surface area (Å²) in [5.74, 6) is -1.41. The van der Waals surface area contributed by atoms with Gasteiger partial charge < -0.3 is 15.4 Å². The standard InChI is InChI=1S/C22H21N3O4S/c26-20(10-5-11-25-21(27)16-7-2-4-9-19(16)30-25)24-18(22(28)29)12-14-13-23-17-8-3-1-6-15(14)17/h1-4,6-9,13,18,23H,5,10-12H2,(H,24,26)(H,28,29). The highest BCUT2D eigenvalue weighted by Gasteiger charge is 2.21. The fourth-order valence-corrected chi connectivity index (χ4v) is 4.57. The van der Waals surface area contributed by atoms with Crippen LogP contribution in [0.3, 0.4) is 0 Å². The molecule has 30 heavy (non-hydrogen) atoms. The average Bonchev–Trinajstić information content (AvgIpc) is 3.29. The zero-order valence-electron chi connectivity index (χ0n) is 16.1. The van der Waals surface area contributed by atoms with Crippen molar-refractivity contribution >= 4 is 44.4 Å². The molecule has 4 rings (SSSR count). The molecule has 154 valence electrons. The number of amides is 1. The molecule has 2 aromatic heterocycles. The molecule has 2 heterocycles. The molecule has 0 fully saturated rings. The lowest BCUT2D eigenvalue weighted by molar-refractivity contribution is -0.141. The number of H-pyrrole nitrogens is 1. The van der Waals surface area contributed by atoms with Gasteiger partial charge in [-0.1, -0.05) is 41.9 Å². The van der Waals surface area contributed by atoms with E-state index in [1.54, 1.807) is 16.2 Å². The van der Waals surface area contributed by atoms with E-state index in [1.165, 1.54) is 11.5 Å². The number of hydrogen-bond acceptors (Lipinski definition) is 4. The molecule has 1 amide bonds. The minimum absolute atomic E-state index is 0.0567. The van der Waals surface area contributed by atoms with Crippen LogP contribution in [-0.4, -0.2) is 32.0 Å². The van der Waals surface area contributed by atoms with E-state index in [-0.39, 0.29) is 24.3 Å². The van der Waals surface area contributed by atoms with E-state index in [2.05, 4.69) is 10.3 Å². The second-order valence-corrected chi connectivity index (χ2v) is 8.18. The Morgan fingerprint density at radius 1 is 1.10 bits per heavy atom. The number of aromatic amines is 1. The van der Waals surface area contributed by atoms with Crippen molar-refractivity contribution < 1.29 is 14.7 Å². The molecule has 3 N–H and O–H groups in total. The molecule has 7 nitrogen and oxygen atoms in total. The van der Waals surface area contributed by atoms with Gasteiger partial charge in [-0.15, -0.1) is 0 Å². The number of benzene rings is 2. The quantitative estimate of drug-likeness (QED) is 0.405. The number of nitrogens with zero attached hydrogens (tertiary/aromatic N) is 1. The molecular formula is C22H21N3O4S. The molecule has 0 bridgehead atoms. The number of carboxylic acids is 1. The maximum absolute atomic E-state index is 12.3. The number of carbonyl (C=O) groups excluding carboxylic acids is 1. The molecule has 2 aromatic carbocycles. The minimum atomic E-state index is -1.07. The fourth-order valence-electron chi connectivity index (χ4n) is 3.53. The van der Waals surface area contributed by atoms with E-state index in [1.807, 2.05) is 42.5 Å². The normalized spacial score (nSPS) is 12.3. The Hall–Kier alpha value is -3.39. The van der Waals surface area contributed by atoms with Crippen LogP contribution in [0.2, 0.25) is 0 Å². The third-order valence-electron chi connectivity index (χ3n) is 5.05. The number of aliphatic carboxylic acids is 1. The fraction of sp³-hybridized carbons (Fsp3) is 0.227. The highest BCUT2D eigenvalue weighted by atomic mass is 32.1. The number of aromatic nitrogens is 2. The molecular weight excluding hydrogens is 402 g/mol. The van der Waals surface area contributed by atoms with Crippen molar-refractivity contribution in [3.8, 4) is 0 Å². The number of aryl methyl sites for hydroxylation is 1. The first-order valence-corrected chi connectivity index (χ1v) is 10.5. The number of carboxylic acid groups (broad SMARTS) is 1. The van der Waals surface area contributed by atoms with Crippen molar-refractivity contribution in [3.63, 3.8) is 0 Å². The molecule has 1 unspecified atom stereocenters. The summed E-state index contributed by atoms with van der Waals surface area (Å²) >= 11 is 1.37. The van der Waals surface area contributed by atoms with Gasteiger partial charge in [-0.05, 0) is 30.2 Å². The van der Waals surface area contributed by atoms with E-state index < -0.39 is 12.0 Å². The van der Waals surface area contributed by atoms with Gasteiger partial charge in [0.15, 0.2) is 0 Å². The third kappa shape index (κ3) is 4.13. The SMILES string of the molecule is O=C(CCCn1sc2ccccc2c1=O)NC(Cc1c[nH]c2ccccc12)C(=O)O. The van der Waals surface area contributed by atoms with Gasteiger partial charge in [0, 0.05) is 36.5 Å². The average molecular weight is 423 g/mol. The largest absolute Gasteiger partial charge is 0.480 e. The van der Waals surface area contributed by atoms with E-state index in [0.29, 0.717) is 18.4 Å². The first-order chi connectivity index (χ1) is 14.5. The lowest BCUT2D eigenvalue weighted by atomic mass is 10.0. The Morgan fingerprint density at radius 3 is 2.60 bits per heavy atom. The second kappa shape index (κ2) is 8.54. The summed E-state index contributed by atoms with van der Waals surface area (Å²) in [5.41, 5.74) is 1.71. The first-order valence-electron chi connectivity index (χ1n) is 9.69. The topological polar surface area (TPSA) is 104 Å². The summed E-state index contributed by atoms with van der Waals surface area (Å²) in [6, 6.07) is 14.0. The van der Waals surface area contributed by atoms with Crippen LogP contribution in [0, 0.1) is 0 Å². The van der Waals surface area contributed by atoms with Crippen molar-refractivity contribution in [2.24, 2.45) is 0 Å². The Labute approximate surface area is 176 Å². The smallest absolute Gasteiger partial charge is 0.326 e. The van der Waals surface area contributed by atoms with Gasteiger partial charge in [0.25, 0.3) is 5.56 Å². The summed E-state index contributed by atoms with van der Waals surface area (Å²) in [4.78, 5) is 39.5. The van der Waals surface area contributed by atoms with Gasteiger partial charge in [-0.2, -0.15) is 0 Å². The van der Waals surface area contributed by atoms with Crippen LogP contribution in [-0.2, 0) is 22.6 Å². The van der Waals surface area contributed by atoms with Crippen LogP contribution in [0.4, 0.5) is 0 Å². The molecule has 0 saturated heterocycles. The highest BCUT2D eigenvalue weighted by Crippen LogP contribution is 2.19. The summed E-state index contributed by atoms with van der Waals surface area (Å²) in [5, 5.41) is 13.8. The number of carbonyl (C=O) groups is 2. The highest BCUT2D eigenvalue weighted by molar-refractivity contribution is 7.13. The van der Waals surface area contributed by atoms with E-state index in [0.717, 1.165) is 21.2 Å². The maximum Gasteiger partial charge on any atom is 0.326 e. The summed E-state index contributed by atoms with van der Waals surface area (Å²) < 4.78 is 2.55. The minimum Gasteiger partial charge on any atom is -0.480 e. The third-order valence-corrected chi connectivity index (χ3v) is 6.17. The van der Waals surface area contributed by atoms with Gasteiger partial charge in [0.2, 0.25) is 5.91 Å². The number of nitrogens with one attached hydrogen (secondary N) is 2. The number of para-hydroxylation sites is 1. The second-order valence-electron chi connectivity index (χ2n) is 7.12. The number of hydrogen-bond donors (Lipinski definition) is 3. The molecule has 0 spiro atoms. The molecule has 1 atom stereocenters. The number of rotatable bonds is 8. The van der Waals surface area contributed by atoms with Crippen molar-refractivity contribution in [2.45, 2.75) is 31.8 Å². The van der Waals surface area contributed by atoms with Crippen LogP contribution in [0.15, 0.2) is 59.5 Å². The van der Waals surface area contributed by atoms with Crippen LogP contribution >= 0.6 is 11.5 Å². The van der Waals surface area contributed by atoms with Crippen LogP contribution in [0.25, 0.3) is 21.0 Å². The lowest BCUT2D eigenvalue weighted by Crippen LogP contribution is -2.42. The Kier molecular flexibility index (Phi) is 5.67. The van der Waals surface area contributed by atoms with E-state index in [9.17, 15) is 19.5 Å². The first kappa shape index (κ1) is 19.9. The van der Waals surface area contributed by atoms with Gasteiger partial charge in [0.1, 0.15) is 6.04 Å². The van der Waals surface area contributed by atoms with Crippen LogP contribution in [0.1, 0.15) is 18.4 Å². The zero-order valence-corrected chi connectivity index (χ0v) is 16.9. The monoisotopic (exact) mass is 423 g/mol. The molecule has 0 aliphatic rings. The van der Waals surface area contributed by atoms with Crippen LogP contribution < -0.4 is 10.9 Å². The molecule has 0 aliphatic carbocycles. The van der Waals surface area contributed by atoms with Gasteiger partial charge in [-0.25, -0.2) is 4.79 Å². The van der Waals surface area contributed by atoms with Gasteiger partial charge in [0.05, 0.1) is 10.1 Å². The van der Waals surface area contributed by atoms with Crippen molar-refractivity contribution in [3.05, 3.63) is 70.6 Å². The lowest BCUT2D eigenvalue weighted by Gasteiger charge is -2.14. The zero-order chi connectivity index (χ0) is 21.1. The predicted molar refractivity (Wildman–Crippen MR) is 117 cm³/mol. The predicted octanol–water partition coefficient (Wildman–Crippen LogP) is 3.14. The van der Waals surface area contributed by atoms with Crippen LogP contribution in [0.5, 0.6) is 0 Å².